The van der Waals surface area contributed by atoms with E-state index in [9.17, 15) is 14.4 Å². The minimum atomic E-state index is -0.553. The number of carbonyl (C=O) groups excluding carboxylic acids is 3. The van der Waals surface area contributed by atoms with E-state index in [1.807, 2.05) is 51.1 Å². The quantitative estimate of drug-likeness (QED) is 0.602. The number of esters is 1. The SMILES string of the molecule is Cc1ccc(C(=O)COC(=O)[C@H]2CC(=O)N(c3cccc(C)c3C)C2)cc1. The van der Waals surface area contributed by atoms with Gasteiger partial charge in [-0.05, 0) is 38.0 Å². The highest BCUT2D eigenvalue weighted by molar-refractivity contribution is 6.01. The molecule has 1 aliphatic heterocycles. The number of ketones is 1. The summed E-state index contributed by atoms with van der Waals surface area (Å²) in [6.45, 7) is 5.86. The molecule has 0 aromatic heterocycles. The molecule has 0 bridgehead atoms. The Hall–Kier alpha value is -2.95. The second-order valence-corrected chi connectivity index (χ2v) is 7.02. The smallest absolute Gasteiger partial charge is 0.311 e. The maximum atomic E-state index is 12.4. The van der Waals surface area contributed by atoms with Crippen LogP contribution in [-0.4, -0.2) is 30.8 Å². The predicted molar refractivity (Wildman–Crippen MR) is 103 cm³/mol. The van der Waals surface area contributed by atoms with Crippen LogP contribution in [0.4, 0.5) is 5.69 Å². The minimum absolute atomic E-state index is 0.101. The fourth-order valence-electron chi connectivity index (χ4n) is 3.20. The van der Waals surface area contributed by atoms with Crippen LogP contribution >= 0.6 is 0 Å². The van der Waals surface area contributed by atoms with Gasteiger partial charge >= 0.3 is 5.97 Å². The molecular weight excluding hydrogens is 342 g/mol. The summed E-state index contributed by atoms with van der Waals surface area (Å²) < 4.78 is 5.19. The van der Waals surface area contributed by atoms with Gasteiger partial charge < -0.3 is 9.64 Å². The number of benzene rings is 2. The maximum absolute atomic E-state index is 12.4. The Morgan fingerprint density at radius 1 is 1.07 bits per heavy atom. The molecule has 2 aromatic rings. The molecule has 0 spiro atoms. The summed E-state index contributed by atoms with van der Waals surface area (Å²) in [5, 5.41) is 0. The van der Waals surface area contributed by atoms with Gasteiger partial charge in [0.05, 0.1) is 5.92 Å². The van der Waals surface area contributed by atoms with Gasteiger partial charge in [0.2, 0.25) is 5.91 Å². The fourth-order valence-corrected chi connectivity index (χ4v) is 3.20. The normalized spacial score (nSPS) is 16.5. The second kappa shape index (κ2) is 7.74. The highest BCUT2D eigenvalue weighted by Crippen LogP contribution is 2.29. The van der Waals surface area contributed by atoms with Crippen LogP contribution < -0.4 is 4.90 Å². The van der Waals surface area contributed by atoms with E-state index in [2.05, 4.69) is 0 Å². The van der Waals surface area contributed by atoms with Crippen LogP contribution in [0.25, 0.3) is 0 Å². The second-order valence-electron chi connectivity index (χ2n) is 7.02. The van der Waals surface area contributed by atoms with Gasteiger partial charge in [0.25, 0.3) is 0 Å². The van der Waals surface area contributed by atoms with Crippen LogP contribution in [0.15, 0.2) is 42.5 Å². The molecule has 3 rings (SSSR count). The Morgan fingerprint density at radius 3 is 2.48 bits per heavy atom. The number of anilines is 1. The lowest BCUT2D eigenvalue weighted by Gasteiger charge is -2.20. The maximum Gasteiger partial charge on any atom is 0.311 e. The monoisotopic (exact) mass is 365 g/mol. The number of ether oxygens (including phenoxy) is 1. The van der Waals surface area contributed by atoms with Crippen LogP contribution in [0.1, 0.15) is 33.5 Å². The topological polar surface area (TPSA) is 63.7 Å². The van der Waals surface area contributed by atoms with Crippen molar-refractivity contribution in [1.29, 1.82) is 0 Å². The van der Waals surface area contributed by atoms with E-state index in [-0.39, 0.29) is 31.3 Å². The first-order chi connectivity index (χ1) is 12.9. The van der Waals surface area contributed by atoms with E-state index in [1.165, 1.54) is 0 Å². The third kappa shape index (κ3) is 4.08. The third-order valence-corrected chi connectivity index (χ3v) is 5.04. The van der Waals surface area contributed by atoms with Crippen molar-refractivity contribution in [2.45, 2.75) is 27.2 Å². The van der Waals surface area contributed by atoms with E-state index in [1.54, 1.807) is 17.0 Å². The molecule has 5 heteroatoms. The largest absolute Gasteiger partial charge is 0.457 e. The fraction of sp³-hybridized carbons (Fsp3) is 0.318. The van der Waals surface area contributed by atoms with E-state index in [4.69, 9.17) is 4.74 Å². The molecule has 1 heterocycles. The molecule has 5 nitrogen and oxygen atoms in total. The lowest BCUT2D eigenvalue weighted by atomic mass is 10.1. The number of hydrogen-bond acceptors (Lipinski definition) is 4. The number of rotatable bonds is 5. The molecule has 1 fully saturated rings. The van der Waals surface area contributed by atoms with Crippen molar-refractivity contribution < 1.29 is 19.1 Å². The average Bonchev–Trinajstić information content (AvgIpc) is 3.04. The predicted octanol–water partition coefficient (Wildman–Crippen LogP) is 3.39. The molecule has 0 unspecified atom stereocenters. The molecule has 140 valence electrons. The molecule has 27 heavy (non-hydrogen) atoms. The molecule has 1 aliphatic rings. The van der Waals surface area contributed by atoms with Gasteiger partial charge in [-0.1, -0.05) is 42.0 Å². The molecule has 1 saturated heterocycles. The number of carbonyl (C=O) groups is 3. The van der Waals surface area contributed by atoms with E-state index in [0.29, 0.717) is 5.56 Å². The van der Waals surface area contributed by atoms with Crippen molar-refractivity contribution in [1.82, 2.24) is 0 Å². The number of aryl methyl sites for hydroxylation is 2. The van der Waals surface area contributed by atoms with Gasteiger partial charge in [-0.3, -0.25) is 14.4 Å². The molecule has 0 N–H and O–H groups in total. The summed E-state index contributed by atoms with van der Waals surface area (Å²) >= 11 is 0. The highest BCUT2D eigenvalue weighted by Gasteiger charge is 2.37. The van der Waals surface area contributed by atoms with Crippen LogP contribution in [0, 0.1) is 26.7 Å². The van der Waals surface area contributed by atoms with Crippen molar-refractivity contribution in [3.05, 3.63) is 64.7 Å². The molecule has 0 aliphatic carbocycles. The lowest BCUT2D eigenvalue weighted by Crippen LogP contribution is -2.27. The van der Waals surface area contributed by atoms with Crippen LogP contribution in [0.2, 0.25) is 0 Å². The summed E-state index contributed by atoms with van der Waals surface area (Å²) in [5.41, 5.74) is 4.50. The Balaban J connectivity index is 1.61. The minimum Gasteiger partial charge on any atom is -0.457 e. The summed E-state index contributed by atoms with van der Waals surface area (Å²) in [4.78, 5) is 38.5. The van der Waals surface area contributed by atoms with Crippen molar-refractivity contribution in [2.24, 2.45) is 5.92 Å². The zero-order valence-corrected chi connectivity index (χ0v) is 15.8. The molecule has 1 atom stereocenters. The van der Waals surface area contributed by atoms with Crippen molar-refractivity contribution in [2.75, 3.05) is 18.1 Å². The van der Waals surface area contributed by atoms with E-state index >= 15 is 0 Å². The van der Waals surface area contributed by atoms with Crippen LogP contribution in [0.3, 0.4) is 0 Å². The van der Waals surface area contributed by atoms with Crippen molar-refractivity contribution in [3.8, 4) is 0 Å². The summed E-state index contributed by atoms with van der Waals surface area (Å²) in [6.07, 6.45) is 0.102. The highest BCUT2D eigenvalue weighted by atomic mass is 16.5. The first kappa shape index (κ1) is 18.8. The van der Waals surface area contributed by atoms with E-state index < -0.39 is 11.9 Å². The molecular formula is C22H23NO4. The Kier molecular flexibility index (Phi) is 5.40. The summed E-state index contributed by atoms with van der Waals surface area (Å²) in [5.74, 6) is -1.41. The Labute approximate surface area is 158 Å². The first-order valence-electron chi connectivity index (χ1n) is 9.00. The number of Topliss-reactive ketones (excluding diaryl/α,β-unsaturated/α-hetero) is 1. The number of hydrogen-bond donors (Lipinski definition) is 0. The van der Waals surface area contributed by atoms with Gasteiger partial charge in [-0.2, -0.15) is 0 Å². The molecule has 2 aromatic carbocycles. The van der Waals surface area contributed by atoms with Crippen LogP contribution in [-0.2, 0) is 14.3 Å². The lowest BCUT2D eigenvalue weighted by molar-refractivity contribution is -0.147. The molecule has 0 saturated carbocycles. The van der Waals surface area contributed by atoms with Gasteiger partial charge in [-0.15, -0.1) is 0 Å². The number of amides is 1. The van der Waals surface area contributed by atoms with Crippen molar-refractivity contribution >= 4 is 23.3 Å². The van der Waals surface area contributed by atoms with Crippen molar-refractivity contribution in [3.63, 3.8) is 0 Å². The Bertz CT molecular complexity index is 886. The standard InChI is InChI=1S/C22H23NO4/c1-14-7-9-17(10-8-14)20(24)13-27-22(26)18-11-21(25)23(12-18)19-6-4-5-15(2)16(19)3/h4-10,18H,11-13H2,1-3H3/t18-/m0/s1. The summed E-state index contributed by atoms with van der Waals surface area (Å²) in [7, 11) is 0. The third-order valence-electron chi connectivity index (χ3n) is 5.04. The average molecular weight is 365 g/mol. The molecule has 1 amide bonds. The molecule has 0 radical (unpaired) electrons. The first-order valence-corrected chi connectivity index (χ1v) is 9.00. The van der Waals surface area contributed by atoms with Gasteiger partial charge in [0.1, 0.15) is 0 Å². The van der Waals surface area contributed by atoms with Crippen LogP contribution in [0.5, 0.6) is 0 Å². The Morgan fingerprint density at radius 2 is 1.78 bits per heavy atom. The van der Waals surface area contributed by atoms with E-state index in [0.717, 1.165) is 22.4 Å². The number of nitrogens with zero attached hydrogens (tertiary/aromatic N) is 1. The zero-order valence-electron chi connectivity index (χ0n) is 15.8. The van der Waals surface area contributed by atoms with Gasteiger partial charge in [0, 0.05) is 24.2 Å². The zero-order chi connectivity index (χ0) is 19.6. The summed E-state index contributed by atoms with van der Waals surface area (Å²) in [6, 6.07) is 12.9. The van der Waals surface area contributed by atoms with Gasteiger partial charge in [0.15, 0.2) is 12.4 Å². The van der Waals surface area contributed by atoms with Gasteiger partial charge in [-0.25, -0.2) is 0 Å².